The van der Waals surface area contributed by atoms with Crippen LogP contribution in [0, 0.1) is 0 Å². The van der Waals surface area contributed by atoms with Gasteiger partial charge in [-0.1, -0.05) is 0 Å². The van der Waals surface area contributed by atoms with Gasteiger partial charge in [0, 0.05) is 30.1 Å². The Hall–Kier alpha value is -3.36. The maximum atomic E-state index is 12.8. The van der Waals surface area contributed by atoms with Crippen molar-refractivity contribution in [3.63, 3.8) is 0 Å². The average molecular weight is 351 g/mol. The highest BCUT2D eigenvalue weighted by molar-refractivity contribution is 5.80. The molecule has 0 fully saturated rings. The summed E-state index contributed by atoms with van der Waals surface area (Å²) in [6, 6.07) is 3.15. The first-order valence-corrected chi connectivity index (χ1v) is 8.29. The van der Waals surface area contributed by atoms with Gasteiger partial charge < -0.3 is 9.88 Å². The van der Waals surface area contributed by atoms with Crippen LogP contribution in [0.4, 0.5) is 0 Å². The number of pyridine rings is 1. The van der Waals surface area contributed by atoms with Crippen molar-refractivity contribution in [1.82, 2.24) is 34.6 Å². The van der Waals surface area contributed by atoms with Gasteiger partial charge in [0.1, 0.15) is 24.5 Å². The minimum Gasteiger partial charge on any atom is -0.335 e. The van der Waals surface area contributed by atoms with Gasteiger partial charge in [0.2, 0.25) is 5.91 Å². The van der Waals surface area contributed by atoms with Crippen LogP contribution in [0.2, 0.25) is 0 Å². The molecule has 9 nitrogen and oxygen atoms in total. The van der Waals surface area contributed by atoms with Gasteiger partial charge in [0.05, 0.1) is 12.2 Å². The van der Waals surface area contributed by atoms with E-state index in [4.69, 9.17) is 0 Å². The van der Waals surface area contributed by atoms with E-state index in [1.165, 1.54) is 17.3 Å². The molecule has 0 unspecified atom stereocenters. The molecule has 1 N–H and O–H groups in total. The minimum atomic E-state index is -0.459. The second-order valence-corrected chi connectivity index (χ2v) is 6.14. The zero-order valence-electron chi connectivity index (χ0n) is 14.2. The van der Waals surface area contributed by atoms with Crippen molar-refractivity contribution in [2.75, 3.05) is 6.54 Å². The number of nitrogens with zero attached hydrogens (tertiary/aromatic N) is 6. The molecule has 0 aliphatic carbocycles. The molecule has 3 aromatic heterocycles. The zero-order valence-corrected chi connectivity index (χ0v) is 14.2. The number of amides is 1. The number of aromatic nitrogens is 6. The SMILES string of the molecule is C[C@@H](C(=O)N1CCc2c(nc(-c3cccnc3)[nH]c2=O)C1)n1cncn1. The molecule has 3 aromatic rings. The Kier molecular flexibility index (Phi) is 4.04. The molecule has 0 radical (unpaired) electrons. The Labute approximate surface area is 148 Å². The van der Waals surface area contributed by atoms with Crippen molar-refractivity contribution in [1.29, 1.82) is 0 Å². The quantitative estimate of drug-likeness (QED) is 0.739. The number of aromatic amines is 1. The predicted octanol–water partition coefficient (Wildman–Crippen LogP) is 0.569. The highest BCUT2D eigenvalue weighted by Crippen LogP contribution is 2.20. The molecule has 4 heterocycles. The van der Waals surface area contributed by atoms with Gasteiger partial charge in [-0.05, 0) is 25.5 Å². The fraction of sp³-hybridized carbons (Fsp3) is 0.294. The fourth-order valence-corrected chi connectivity index (χ4v) is 3.06. The van der Waals surface area contributed by atoms with E-state index in [9.17, 15) is 9.59 Å². The standard InChI is InChI=1S/C17H17N7O2/c1-11(24-10-19-9-20-24)17(26)23-6-4-13-14(8-23)21-15(22-16(13)25)12-3-2-5-18-7-12/h2-3,5,7,9-11H,4,6,8H2,1H3,(H,21,22,25)/t11-/m0/s1. The van der Waals surface area contributed by atoms with E-state index >= 15 is 0 Å². The summed E-state index contributed by atoms with van der Waals surface area (Å²) in [6.07, 6.45) is 6.69. The molecule has 1 amide bonds. The first kappa shape index (κ1) is 16.1. The topological polar surface area (TPSA) is 110 Å². The van der Waals surface area contributed by atoms with Crippen LogP contribution in [0.1, 0.15) is 24.2 Å². The summed E-state index contributed by atoms with van der Waals surface area (Å²) in [5.41, 5.74) is 1.82. The summed E-state index contributed by atoms with van der Waals surface area (Å²) in [6.45, 7) is 2.55. The van der Waals surface area contributed by atoms with Crippen molar-refractivity contribution in [3.8, 4) is 11.4 Å². The van der Waals surface area contributed by atoms with E-state index in [2.05, 4.69) is 25.0 Å². The molecule has 9 heteroatoms. The molecule has 1 aliphatic rings. The van der Waals surface area contributed by atoms with Gasteiger partial charge in [-0.2, -0.15) is 5.10 Å². The number of fused-ring (bicyclic) bond motifs is 1. The second kappa shape index (κ2) is 6.51. The Balaban J connectivity index is 1.63. The first-order chi connectivity index (χ1) is 12.6. The van der Waals surface area contributed by atoms with Gasteiger partial charge in [-0.25, -0.2) is 14.6 Å². The Morgan fingerprint density at radius 1 is 1.35 bits per heavy atom. The average Bonchev–Trinajstić information content (AvgIpc) is 3.22. The number of hydrogen-bond acceptors (Lipinski definition) is 6. The number of carbonyl (C=O) groups is 1. The maximum Gasteiger partial charge on any atom is 0.254 e. The van der Waals surface area contributed by atoms with E-state index < -0.39 is 6.04 Å². The van der Waals surface area contributed by atoms with Crippen LogP contribution in [0.3, 0.4) is 0 Å². The molecule has 0 saturated carbocycles. The van der Waals surface area contributed by atoms with Gasteiger partial charge in [0.15, 0.2) is 0 Å². The predicted molar refractivity (Wildman–Crippen MR) is 91.9 cm³/mol. The summed E-state index contributed by atoms with van der Waals surface area (Å²) >= 11 is 0. The van der Waals surface area contributed by atoms with E-state index in [0.29, 0.717) is 36.6 Å². The van der Waals surface area contributed by atoms with Crippen LogP contribution in [-0.2, 0) is 17.8 Å². The van der Waals surface area contributed by atoms with E-state index in [-0.39, 0.29) is 11.5 Å². The zero-order chi connectivity index (χ0) is 18.1. The normalized spacial score (nSPS) is 14.7. The van der Waals surface area contributed by atoms with Crippen molar-refractivity contribution < 1.29 is 4.79 Å². The summed E-state index contributed by atoms with van der Waals surface area (Å²) < 4.78 is 1.52. The third kappa shape index (κ3) is 2.87. The lowest BCUT2D eigenvalue weighted by Crippen LogP contribution is -2.42. The summed E-state index contributed by atoms with van der Waals surface area (Å²) in [5.74, 6) is 0.381. The molecule has 0 aromatic carbocycles. The molecular weight excluding hydrogens is 334 g/mol. The van der Waals surface area contributed by atoms with Crippen LogP contribution < -0.4 is 5.56 Å². The number of H-pyrrole nitrogens is 1. The number of nitrogens with one attached hydrogen (secondary N) is 1. The van der Waals surface area contributed by atoms with E-state index in [0.717, 1.165) is 5.56 Å². The largest absolute Gasteiger partial charge is 0.335 e. The Morgan fingerprint density at radius 3 is 2.96 bits per heavy atom. The summed E-state index contributed by atoms with van der Waals surface area (Å²) in [5, 5.41) is 4.02. The third-order valence-corrected chi connectivity index (χ3v) is 4.51. The molecule has 132 valence electrons. The number of carbonyl (C=O) groups excluding carboxylic acids is 1. The van der Waals surface area contributed by atoms with E-state index in [1.54, 1.807) is 30.3 Å². The molecule has 0 spiro atoms. The lowest BCUT2D eigenvalue weighted by atomic mass is 10.1. The van der Waals surface area contributed by atoms with Crippen molar-refractivity contribution in [3.05, 3.63) is 58.8 Å². The fourth-order valence-electron chi connectivity index (χ4n) is 3.06. The van der Waals surface area contributed by atoms with Crippen molar-refractivity contribution in [2.24, 2.45) is 0 Å². The molecule has 26 heavy (non-hydrogen) atoms. The molecule has 0 saturated heterocycles. The van der Waals surface area contributed by atoms with Crippen molar-refractivity contribution in [2.45, 2.75) is 25.9 Å². The highest BCUT2D eigenvalue weighted by atomic mass is 16.2. The van der Waals surface area contributed by atoms with Gasteiger partial charge in [-0.3, -0.25) is 14.6 Å². The molecular formula is C17H17N7O2. The van der Waals surface area contributed by atoms with Crippen LogP contribution in [0.5, 0.6) is 0 Å². The maximum absolute atomic E-state index is 12.8. The number of hydrogen-bond donors (Lipinski definition) is 1. The van der Waals surface area contributed by atoms with Crippen LogP contribution in [0.25, 0.3) is 11.4 Å². The molecule has 1 atom stereocenters. The van der Waals surface area contributed by atoms with E-state index in [1.807, 2.05) is 6.07 Å². The van der Waals surface area contributed by atoms with Crippen LogP contribution >= 0.6 is 0 Å². The van der Waals surface area contributed by atoms with Gasteiger partial charge in [0.25, 0.3) is 5.56 Å². The summed E-state index contributed by atoms with van der Waals surface area (Å²) in [4.78, 5) is 42.2. The minimum absolute atomic E-state index is 0.0776. The smallest absolute Gasteiger partial charge is 0.254 e. The Morgan fingerprint density at radius 2 is 2.23 bits per heavy atom. The lowest BCUT2D eigenvalue weighted by Gasteiger charge is -2.30. The van der Waals surface area contributed by atoms with Crippen LogP contribution in [0.15, 0.2) is 42.0 Å². The van der Waals surface area contributed by atoms with Crippen LogP contribution in [-0.4, -0.2) is 47.1 Å². The van der Waals surface area contributed by atoms with Gasteiger partial charge >= 0.3 is 0 Å². The van der Waals surface area contributed by atoms with Crippen molar-refractivity contribution >= 4 is 5.91 Å². The Bertz CT molecular complexity index is 982. The monoisotopic (exact) mass is 351 g/mol. The lowest BCUT2D eigenvalue weighted by molar-refractivity contribution is -0.135. The first-order valence-electron chi connectivity index (χ1n) is 8.29. The second-order valence-electron chi connectivity index (χ2n) is 6.14. The third-order valence-electron chi connectivity index (χ3n) is 4.51. The number of rotatable bonds is 3. The summed E-state index contributed by atoms with van der Waals surface area (Å²) in [7, 11) is 0. The molecule has 0 bridgehead atoms. The van der Waals surface area contributed by atoms with Gasteiger partial charge in [-0.15, -0.1) is 0 Å². The highest BCUT2D eigenvalue weighted by Gasteiger charge is 2.28. The molecule has 1 aliphatic heterocycles. The molecule has 4 rings (SSSR count).